The highest BCUT2D eigenvalue weighted by Gasteiger charge is 2.15. The fraction of sp³-hybridized carbons (Fsp3) is 0.143. The van der Waals surface area contributed by atoms with E-state index in [0.717, 1.165) is 20.6 Å². The van der Waals surface area contributed by atoms with Crippen molar-refractivity contribution in [1.29, 1.82) is 0 Å². The molecule has 18 heavy (non-hydrogen) atoms. The Kier molecular flexibility index (Phi) is 4.40. The van der Waals surface area contributed by atoms with Gasteiger partial charge in [0, 0.05) is 9.50 Å². The Bertz CT molecular complexity index is 540. The molecule has 0 radical (unpaired) electrons. The fourth-order valence-electron chi connectivity index (χ4n) is 1.89. The molecule has 0 aliphatic rings. The van der Waals surface area contributed by atoms with E-state index in [-0.39, 0.29) is 6.04 Å². The van der Waals surface area contributed by atoms with Crippen LogP contribution in [-0.2, 0) is 0 Å². The molecular weight excluding hydrogens is 312 g/mol. The number of hydrogen-bond donors (Lipinski definition) is 2. The van der Waals surface area contributed by atoms with Crippen LogP contribution in [0.3, 0.4) is 0 Å². The van der Waals surface area contributed by atoms with Gasteiger partial charge in [-0.15, -0.1) is 0 Å². The molecule has 0 aliphatic carbocycles. The second-order valence-corrected chi connectivity index (χ2v) is 5.47. The van der Waals surface area contributed by atoms with Crippen LogP contribution >= 0.6 is 27.5 Å². The molecule has 0 fully saturated rings. The third-order valence-corrected chi connectivity index (χ3v) is 3.78. The molecular formula is C14H14BrClN2. The molecule has 0 spiro atoms. The summed E-state index contributed by atoms with van der Waals surface area (Å²) in [5.41, 5.74) is 6.22. The summed E-state index contributed by atoms with van der Waals surface area (Å²) >= 11 is 9.48. The lowest BCUT2D eigenvalue weighted by atomic mass is 9.98. The van der Waals surface area contributed by atoms with Crippen LogP contribution in [0.4, 0.5) is 0 Å². The SMILES string of the molecule is Cc1ccc(C(NN)c2ccc(Cl)cc2)c(Br)c1. The lowest BCUT2D eigenvalue weighted by Gasteiger charge is -2.18. The number of hydrazine groups is 1. The quantitative estimate of drug-likeness (QED) is 0.662. The number of aryl methyl sites for hydroxylation is 1. The number of nitrogens with one attached hydrogen (secondary N) is 1. The van der Waals surface area contributed by atoms with Crippen LogP contribution in [0.5, 0.6) is 0 Å². The average molecular weight is 326 g/mol. The third kappa shape index (κ3) is 2.93. The second-order valence-electron chi connectivity index (χ2n) is 4.18. The molecule has 3 N–H and O–H groups in total. The molecule has 0 heterocycles. The van der Waals surface area contributed by atoms with Crippen LogP contribution in [0.25, 0.3) is 0 Å². The van der Waals surface area contributed by atoms with Crippen LogP contribution in [-0.4, -0.2) is 0 Å². The minimum Gasteiger partial charge on any atom is -0.271 e. The molecule has 2 nitrogen and oxygen atoms in total. The smallest absolute Gasteiger partial charge is 0.0721 e. The molecule has 0 saturated heterocycles. The number of benzene rings is 2. The summed E-state index contributed by atoms with van der Waals surface area (Å²) in [6.45, 7) is 2.06. The molecule has 2 rings (SSSR count). The van der Waals surface area contributed by atoms with Crippen LogP contribution in [0, 0.1) is 6.92 Å². The van der Waals surface area contributed by atoms with Crippen LogP contribution in [0.2, 0.25) is 5.02 Å². The minimum atomic E-state index is -0.0581. The fourth-order valence-corrected chi connectivity index (χ4v) is 2.74. The van der Waals surface area contributed by atoms with E-state index in [1.54, 1.807) is 0 Å². The van der Waals surface area contributed by atoms with E-state index in [0.29, 0.717) is 0 Å². The Balaban J connectivity index is 2.41. The molecule has 1 unspecified atom stereocenters. The Morgan fingerprint density at radius 1 is 1.17 bits per heavy atom. The average Bonchev–Trinajstić information content (AvgIpc) is 2.35. The molecule has 0 amide bonds. The molecule has 0 aromatic heterocycles. The van der Waals surface area contributed by atoms with Crippen molar-refractivity contribution >= 4 is 27.5 Å². The maximum Gasteiger partial charge on any atom is 0.0721 e. The van der Waals surface area contributed by atoms with Gasteiger partial charge in [-0.05, 0) is 41.8 Å². The summed E-state index contributed by atoms with van der Waals surface area (Å²) in [6, 6.07) is 13.8. The van der Waals surface area contributed by atoms with Gasteiger partial charge >= 0.3 is 0 Å². The van der Waals surface area contributed by atoms with Crippen molar-refractivity contribution in [3.05, 3.63) is 68.7 Å². The monoisotopic (exact) mass is 324 g/mol. The molecule has 0 aliphatic heterocycles. The van der Waals surface area contributed by atoms with Crippen molar-refractivity contribution in [2.24, 2.45) is 5.84 Å². The van der Waals surface area contributed by atoms with E-state index in [9.17, 15) is 0 Å². The van der Waals surface area contributed by atoms with Crippen molar-refractivity contribution in [3.8, 4) is 0 Å². The number of rotatable bonds is 3. The predicted octanol–water partition coefficient (Wildman–Crippen LogP) is 3.96. The topological polar surface area (TPSA) is 38.0 Å². The Hall–Kier alpha value is -0.870. The second kappa shape index (κ2) is 5.85. The number of halogens is 2. The minimum absolute atomic E-state index is 0.0581. The first-order valence-corrected chi connectivity index (χ1v) is 6.76. The summed E-state index contributed by atoms with van der Waals surface area (Å²) in [6.07, 6.45) is 0. The number of hydrogen-bond acceptors (Lipinski definition) is 2. The van der Waals surface area contributed by atoms with Crippen molar-refractivity contribution in [2.45, 2.75) is 13.0 Å². The van der Waals surface area contributed by atoms with E-state index >= 15 is 0 Å². The standard InChI is InChI=1S/C14H14BrClN2/c1-9-2-7-12(13(15)8-9)14(18-17)10-3-5-11(16)6-4-10/h2-8,14,18H,17H2,1H3. The molecule has 94 valence electrons. The molecule has 2 aromatic rings. The van der Waals surface area contributed by atoms with E-state index in [4.69, 9.17) is 17.4 Å². The molecule has 0 bridgehead atoms. The first kappa shape index (κ1) is 13.6. The normalized spacial score (nSPS) is 12.4. The maximum atomic E-state index is 5.90. The lowest BCUT2D eigenvalue weighted by Crippen LogP contribution is -2.29. The summed E-state index contributed by atoms with van der Waals surface area (Å²) < 4.78 is 1.04. The summed E-state index contributed by atoms with van der Waals surface area (Å²) in [7, 11) is 0. The molecule has 0 saturated carbocycles. The van der Waals surface area contributed by atoms with Crippen molar-refractivity contribution < 1.29 is 0 Å². The van der Waals surface area contributed by atoms with Gasteiger partial charge in [0.15, 0.2) is 0 Å². The van der Waals surface area contributed by atoms with Gasteiger partial charge in [-0.2, -0.15) is 0 Å². The summed E-state index contributed by atoms with van der Waals surface area (Å²) in [4.78, 5) is 0. The highest BCUT2D eigenvalue weighted by Crippen LogP contribution is 2.29. The van der Waals surface area contributed by atoms with Gasteiger partial charge in [0.25, 0.3) is 0 Å². The van der Waals surface area contributed by atoms with Gasteiger partial charge in [-0.3, -0.25) is 5.84 Å². The Morgan fingerprint density at radius 3 is 2.39 bits per heavy atom. The zero-order valence-electron chi connectivity index (χ0n) is 9.95. The third-order valence-electron chi connectivity index (χ3n) is 2.84. The van der Waals surface area contributed by atoms with E-state index in [1.807, 2.05) is 24.3 Å². The maximum absolute atomic E-state index is 5.90. The lowest BCUT2D eigenvalue weighted by molar-refractivity contribution is 0.634. The van der Waals surface area contributed by atoms with E-state index in [2.05, 4.69) is 46.5 Å². The van der Waals surface area contributed by atoms with E-state index in [1.165, 1.54) is 5.56 Å². The van der Waals surface area contributed by atoms with Gasteiger partial charge in [0.05, 0.1) is 6.04 Å². The first-order valence-electron chi connectivity index (χ1n) is 5.59. The van der Waals surface area contributed by atoms with Crippen LogP contribution in [0.15, 0.2) is 46.9 Å². The Labute approximate surface area is 120 Å². The predicted molar refractivity (Wildman–Crippen MR) is 79.5 cm³/mol. The van der Waals surface area contributed by atoms with Crippen molar-refractivity contribution in [1.82, 2.24) is 5.43 Å². The van der Waals surface area contributed by atoms with Gasteiger partial charge in [-0.1, -0.05) is 51.8 Å². The van der Waals surface area contributed by atoms with Crippen molar-refractivity contribution in [2.75, 3.05) is 0 Å². The highest BCUT2D eigenvalue weighted by molar-refractivity contribution is 9.10. The van der Waals surface area contributed by atoms with Gasteiger partial charge < -0.3 is 0 Å². The molecule has 1 atom stereocenters. The Morgan fingerprint density at radius 2 is 1.83 bits per heavy atom. The van der Waals surface area contributed by atoms with Crippen LogP contribution < -0.4 is 11.3 Å². The van der Waals surface area contributed by atoms with Gasteiger partial charge in [-0.25, -0.2) is 5.43 Å². The van der Waals surface area contributed by atoms with Gasteiger partial charge in [0.1, 0.15) is 0 Å². The molecule has 2 aromatic carbocycles. The largest absolute Gasteiger partial charge is 0.271 e. The first-order chi connectivity index (χ1) is 8.61. The van der Waals surface area contributed by atoms with Gasteiger partial charge in [0.2, 0.25) is 0 Å². The zero-order chi connectivity index (χ0) is 13.1. The summed E-state index contributed by atoms with van der Waals surface area (Å²) in [5.74, 6) is 5.68. The highest BCUT2D eigenvalue weighted by atomic mass is 79.9. The summed E-state index contributed by atoms with van der Waals surface area (Å²) in [5, 5.41) is 0.720. The number of nitrogens with two attached hydrogens (primary N) is 1. The van der Waals surface area contributed by atoms with Crippen molar-refractivity contribution in [3.63, 3.8) is 0 Å². The van der Waals surface area contributed by atoms with Crippen LogP contribution in [0.1, 0.15) is 22.7 Å². The zero-order valence-corrected chi connectivity index (χ0v) is 12.3. The molecule has 4 heteroatoms. The van der Waals surface area contributed by atoms with E-state index < -0.39 is 0 Å².